The van der Waals surface area contributed by atoms with E-state index in [1.807, 2.05) is 0 Å². The minimum atomic E-state index is -0.560. The molecule has 5 heteroatoms. The number of benzene rings is 1. The summed E-state index contributed by atoms with van der Waals surface area (Å²) in [6.45, 7) is 1.39. The maximum Gasteiger partial charge on any atom is 0.118 e. The molecular formula is C9H12Cl2O3. The van der Waals surface area contributed by atoms with Crippen molar-refractivity contribution in [1.82, 2.24) is 0 Å². The Morgan fingerprint density at radius 1 is 1.21 bits per heavy atom. The Morgan fingerprint density at radius 2 is 1.57 bits per heavy atom. The molecule has 0 bridgehead atoms. The highest BCUT2D eigenvalue weighted by molar-refractivity contribution is 6.34. The third-order valence-electron chi connectivity index (χ3n) is 1.11. The maximum absolute atomic E-state index is 8.82. The molecule has 0 amide bonds. The summed E-state index contributed by atoms with van der Waals surface area (Å²) in [7, 11) is 0. The maximum atomic E-state index is 8.82. The van der Waals surface area contributed by atoms with Gasteiger partial charge in [-0.05, 0) is 25.1 Å². The lowest BCUT2D eigenvalue weighted by molar-refractivity contribution is 0.110. The number of aliphatic hydroxyl groups excluding tert-OH is 2. The standard InChI is InChI=1S/C6H4Cl2O.C3H8O2/c7-4-1-5(8)3-6(9)2-4;1-3(5)2-4/h1-3,9H;3-5H,2H2,1H3. The fourth-order valence-electron chi connectivity index (χ4n) is 0.539. The van der Waals surface area contributed by atoms with Gasteiger partial charge in [-0.3, -0.25) is 0 Å². The molecule has 0 radical (unpaired) electrons. The summed E-state index contributed by atoms with van der Waals surface area (Å²) in [5, 5.41) is 25.7. The van der Waals surface area contributed by atoms with Crippen molar-refractivity contribution in [3.05, 3.63) is 28.2 Å². The van der Waals surface area contributed by atoms with Gasteiger partial charge in [0.25, 0.3) is 0 Å². The molecule has 1 unspecified atom stereocenters. The first-order chi connectivity index (χ1) is 6.45. The average Bonchev–Trinajstić information content (AvgIpc) is 2.02. The summed E-state index contributed by atoms with van der Waals surface area (Å²) in [6, 6.07) is 4.41. The Morgan fingerprint density at radius 3 is 1.79 bits per heavy atom. The van der Waals surface area contributed by atoms with Crippen molar-refractivity contribution in [2.75, 3.05) is 6.61 Å². The molecule has 0 saturated carbocycles. The molecule has 0 aromatic heterocycles. The Labute approximate surface area is 92.5 Å². The summed E-state index contributed by atoms with van der Waals surface area (Å²) in [5.41, 5.74) is 0. The van der Waals surface area contributed by atoms with Crippen molar-refractivity contribution in [2.45, 2.75) is 13.0 Å². The zero-order chi connectivity index (χ0) is 11.1. The minimum absolute atomic E-state index is 0.0903. The van der Waals surface area contributed by atoms with Crippen molar-refractivity contribution in [2.24, 2.45) is 0 Å². The predicted octanol–water partition coefficient (Wildman–Crippen LogP) is 2.06. The normalized spacial score (nSPS) is 11.5. The fourth-order valence-corrected chi connectivity index (χ4v) is 1.05. The van der Waals surface area contributed by atoms with Crippen LogP contribution in [0, 0.1) is 0 Å². The van der Waals surface area contributed by atoms with E-state index in [9.17, 15) is 0 Å². The Kier molecular flexibility index (Phi) is 6.66. The van der Waals surface area contributed by atoms with Crippen LogP contribution < -0.4 is 0 Å². The molecule has 0 aliphatic heterocycles. The van der Waals surface area contributed by atoms with Crippen LogP contribution >= 0.6 is 23.2 Å². The van der Waals surface area contributed by atoms with Gasteiger partial charge in [0.2, 0.25) is 0 Å². The monoisotopic (exact) mass is 238 g/mol. The summed E-state index contributed by atoms with van der Waals surface area (Å²) in [6.07, 6.45) is -0.560. The number of halogens is 2. The third-order valence-corrected chi connectivity index (χ3v) is 1.55. The summed E-state index contributed by atoms with van der Waals surface area (Å²) >= 11 is 11.0. The molecule has 0 aliphatic carbocycles. The SMILES string of the molecule is CC(O)CO.Oc1cc(Cl)cc(Cl)c1. The van der Waals surface area contributed by atoms with Crippen LogP contribution in [0.4, 0.5) is 0 Å². The Bertz CT molecular complexity index is 226. The van der Waals surface area contributed by atoms with E-state index in [1.54, 1.807) is 6.07 Å². The van der Waals surface area contributed by atoms with E-state index in [1.165, 1.54) is 19.1 Å². The first-order valence-corrected chi connectivity index (χ1v) is 4.65. The number of rotatable bonds is 1. The molecule has 1 aromatic carbocycles. The summed E-state index contributed by atoms with van der Waals surface area (Å²) < 4.78 is 0. The highest BCUT2D eigenvalue weighted by Crippen LogP contribution is 2.22. The molecule has 1 aromatic rings. The van der Waals surface area contributed by atoms with Crippen LogP contribution in [-0.4, -0.2) is 28.0 Å². The van der Waals surface area contributed by atoms with Gasteiger partial charge in [0.15, 0.2) is 0 Å². The van der Waals surface area contributed by atoms with Gasteiger partial charge in [-0.1, -0.05) is 23.2 Å². The lowest BCUT2D eigenvalue weighted by atomic mass is 10.3. The van der Waals surface area contributed by atoms with E-state index in [2.05, 4.69) is 0 Å². The number of aromatic hydroxyl groups is 1. The molecule has 0 heterocycles. The van der Waals surface area contributed by atoms with Gasteiger partial charge in [0.1, 0.15) is 5.75 Å². The number of phenolic OH excluding ortho intramolecular Hbond substituents is 1. The molecule has 3 nitrogen and oxygen atoms in total. The van der Waals surface area contributed by atoms with E-state index >= 15 is 0 Å². The molecule has 0 fully saturated rings. The number of aliphatic hydroxyl groups is 2. The molecule has 0 aliphatic rings. The van der Waals surface area contributed by atoms with Crippen LogP contribution in [0.25, 0.3) is 0 Å². The average molecular weight is 239 g/mol. The molecule has 1 atom stereocenters. The van der Waals surface area contributed by atoms with E-state index in [0.717, 1.165) is 0 Å². The minimum Gasteiger partial charge on any atom is -0.508 e. The lowest BCUT2D eigenvalue weighted by Gasteiger charge is -1.92. The van der Waals surface area contributed by atoms with Crippen LogP contribution in [0.3, 0.4) is 0 Å². The second-order valence-electron chi connectivity index (χ2n) is 2.66. The Hall–Kier alpha value is -0.480. The van der Waals surface area contributed by atoms with E-state index in [0.29, 0.717) is 10.0 Å². The van der Waals surface area contributed by atoms with Crippen molar-refractivity contribution in [3.63, 3.8) is 0 Å². The first-order valence-electron chi connectivity index (χ1n) is 3.89. The number of hydrogen-bond acceptors (Lipinski definition) is 3. The second-order valence-corrected chi connectivity index (χ2v) is 3.53. The van der Waals surface area contributed by atoms with Crippen molar-refractivity contribution >= 4 is 23.2 Å². The van der Waals surface area contributed by atoms with Crippen LogP contribution in [0.5, 0.6) is 5.75 Å². The van der Waals surface area contributed by atoms with E-state index in [4.69, 9.17) is 38.5 Å². The highest BCUT2D eigenvalue weighted by atomic mass is 35.5. The van der Waals surface area contributed by atoms with Crippen molar-refractivity contribution in [1.29, 1.82) is 0 Å². The first kappa shape index (κ1) is 13.5. The predicted molar refractivity (Wildman–Crippen MR) is 56.9 cm³/mol. The van der Waals surface area contributed by atoms with E-state index in [-0.39, 0.29) is 12.4 Å². The smallest absolute Gasteiger partial charge is 0.118 e. The van der Waals surface area contributed by atoms with Crippen molar-refractivity contribution in [3.8, 4) is 5.75 Å². The third kappa shape index (κ3) is 6.97. The molecule has 1 rings (SSSR count). The molecule has 0 saturated heterocycles. The lowest BCUT2D eigenvalue weighted by Crippen LogP contribution is -2.03. The second kappa shape index (κ2) is 6.90. The van der Waals surface area contributed by atoms with Crippen LogP contribution in [0.15, 0.2) is 18.2 Å². The van der Waals surface area contributed by atoms with Crippen LogP contribution in [-0.2, 0) is 0 Å². The highest BCUT2D eigenvalue weighted by Gasteiger charge is 1.93. The fraction of sp³-hybridized carbons (Fsp3) is 0.333. The van der Waals surface area contributed by atoms with Crippen LogP contribution in [0.2, 0.25) is 10.0 Å². The van der Waals surface area contributed by atoms with Gasteiger partial charge in [-0.15, -0.1) is 0 Å². The quantitative estimate of drug-likeness (QED) is 0.702. The van der Waals surface area contributed by atoms with Crippen molar-refractivity contribution < 1.29 is 15.3 Å². The number of hydrogen-bond donors (Lipinski definition) is 3. The van der Waals surface area contributed by atoms with Gasteiger partial charge in [0, 0.05) is 10.0 Å². The summed E-state index contributed by atoms with van der Waals surface area (Å²) in [5.74, 6) is 0.0903. The topological polar surface area (TPSA) is 60.7 Å². The van der Waals surface area contributed by atoms with Gasteiger partial charge in [-0.2, -0.15) is 0 Å². The zero-order valence-corrected chi connectivity index (χ0v) is 9.13. The molecule has 3 N–H and O–H groups in total. The summed E-state index contributed by atoms with van der Waals surface area (Å²) in [4.78, 5) is 0. The number of phenols is 1. The van der Waals surface area contributed by atoms with Gasteiger partial charge in [0.05, 0.1) is 12.7 Å². The van der Waals surface area contributed by atoms with E-state index < -0.39 is 6.10 Å². The van der Waals surface area contributed by atoms with Gasteiger partial charge in [-0.25, -0.2) is 0 Å². The van der Waals surface area contributed by atoms with Gasteiger partial charge < -0.3 is 15.3 Å². The van der Waals surface area contributed by atoms with Crippen LogP contribution in [0.1, 0.15) is 6.92 Å². The van der Waals surface area contributed by atoms with Gasteiger partial charge >= 0.3 is 0 Å². The Balaban J connectivity index is 0.000000292. The molecular weight excluding hydrogens is 227 g/mol. The zero-order valence-electron chi connectivity index (χ0n) is 7.61. The molecule has 80 valence electrons. The molecule has 14 heavy (non-hydrogen) atoms. The molecule has 0 spiro atoms. The largest absolute Gasteiger partial charge is 0.508 e.